The zero-order chi connectivity index (χ0) is 15.4. The fourth-order valence-electron chi connectivity index (χ4n) is 1.86. The van der Waals surface area contributed by atoms with Gasteiger partial charge in [-0.3, -0.25) is 0 Å². The Morgan fingerprint density at radius 2 is 1.75 bits per heavy atom. The Morgan fingerprint density at radius 3 is 2.20 bits per heavy atom. The fourth-order valence-corrected chi connectivity index (χ4v) is 2.93. The van der Waals surface area contributed by atoms with Gasteiger partial charge in [0.1, 0.15) is 0 Å². The molecule has 1 atom stereocenters. The number of aliphatic hydroxyl groups is 1. The first-order chi connectivity index (χ1) is 9.16. The molecule has 1 rings (SSSR count). The third-order valence-electron chi connectivity index (χ3n) is 3.16. The van der Waals surface area contributed by atoms with Crippen LogP contribution in [0.2, 0.25) is 0 Å². The van der Waals surface area contributed by atoms with Gasteiger partial charge in [-0.25, -0.2) is 13.1 Å². The predicted octanol–water partition coefficient (Wildman–Crippen LogP) is 2.42. The minimum absolute atomic E-state index is 0.00690. The van der Waals surface area contributed by atoms with Crippen molar-refractivity contribution in [2.75, 3.05) is 6.54 Å². The highest BCUT2D eigenvalue weighted by Gasteiger charge is 2.18. The molecule has 1 aromatic rings. The second-order valence-corrected chi connectivity index (χ2v) is 7.84. The van der Waals surface area contributed by atoms with Crippen molar-refractivity contribution in [1.82, 2.24) is 4.72 Å². The van der Waals surface area contributed by atoms with Crippen molar-refractivity contribution in [3.05, 3.63) is 29.8 Å². The lowest BCUT2D eigenvalue weighted by Gasteiger charge is -2.19. The van der Waals surface area contributed by atoms with E-state index in [0.29, 0.717) is 6.42 Å². The molecule has 0 heterocycles. The Balaban J connectivity index is 2.78. The Kier molecular flexibility index (Phi) is 5.74. The molecule has 114 valence electrons. The zero-order valence-electron chi connectivity index (χ0n) is 12.7. The number of sulfonamides is 1. The number of aliphatic hydroxyl groups excluding tert-OH is 1. The normalized spacial score (nSPS) is 14.2. The SMILES string of the molecule is CCCC(O)CNS(=O)(=O)c1ccc(C(C)(C)C)cc1. The molecule has 0 spiro atoms. The minimum atomic E-state index is -3.55. The molecule has 0 aliphatic carbocycles. The maximum Gasteiger partial charge on any atom is 0.240 e. The van der Waals surface area contributed by atoms with Gasteiger partial charge in [0.2, 0.25) is 10.0 Å². The number of hydrogen-bond acceptors (Lipinski definition) is 3. The third kappa shape index (κ3) is 4.89. The Bertz CT molecular complexity index is 515. The van der Waals surface area contributed by atoms with Gasteiger partial charge >= 0.3 is 0 Å². The van der Waals surface area contributed by atoms with E-state index in [0.717, 1.165) is 12.0 Å². The average Bonchev–Trinajstić information content (AvgIpc) is 2.36. The van der Waals surface area contributed by atoms with E-state index in [1.807, 2.05) is 19.1 Å². The maximum absolute atomic E-state index is 12.1. The molecule has 1 aromatic carbocycles. The summed E-state index contributed by atoms with van der Waals surface area (Å²) in [5, 5.41) is 9.58. The summed E-state index contributed by atoms with van der Waals surface area (Å²) in [6, 6.07) is 6.87. The summed E-state index contributed by atoms with van der Waals surface area (Å²) in [6.07, 6.45) is 0.776. The number of rotatable bonds is 6. The van der Waals surface area contributed by atoms with Gasteiger partial charge in [0.15, 0.2) is 0 Å². The zero-order valence-corrected chi connectivity index (χ0v) is 13.5. The summed E-state index contributed by atoms with van der Waals surface area (Å²) in [4.78, 5) is 0.231. The van der Waals surface area contributed by atoms with Gasteiger partial charge in [0.05, 0.1) is 11.0 Å². The van der Waals surface area contributed by atoms with E-state index >= 15 is 0 Å². The number of hydrogen-bond donors (Lipinski definition) is 2. The van der Waals surface area contributed by atoms with Crippen molar-refractivity contribution in [3.63, 3.8) is 0 Å². The van der Waals surface area contributed by atoms with E-state index in [2.05, 4.69) is 25.5 Å². The Labute approximate surface area is 122 Å². The second kappa shape index (κ2) is 6.70. The molecule has 1 unspecified atom stereocenters. The van der Waals surface area contributed by atoms with Crippen molar-refractivity contribution in [3.8, 4) is 0 Å². The molecular formula is C15H25NO3S. The van der Waals surface area contributed by atoms with Crippen molar-refractivity contribution >= 4 is 10.0 Å². The summed E-state index contributed by atoms with van der Waals surface area (Å²) < 4.78 is 26.6. The Hall–Kier alpha value is -0.910. The van der Waals surface area contributed by atoms with Crippen LogP contribution in [0, 0.1) is 0 Å². The van der Waals surface area contributed by atoms with E-state index in [4.69, 9.17) is 0 Å². The van der Waals surface area contributed by atoms with Crippen LogP contribution >= 0.6 is 0 Å². The van der Waals surface area contributed by atoms with Gasteiger partial charge in [0.25, 0.3) is 0 Å². The number of benzene rings is 1. The van der Waals surface area contributed by atoms with Gasteiger partial charge in [-0.2, -0.15) is 0 Å². The van der Waals surface area contributed by atoms with Crippen LogP contribution in [0.4, 0.5) is 0 Å². The molecule has 20 heavy (non-hydrogen) atoms. The second-order valence-electron chi connectivity index (χ2n) is 6.07. The molecule has 0 radical (unpaired) electrons. The van der Waals surface area contributed by atoms with E-state index in [1.165, 1.54) is 0 Å². The monoisotopic (exact) mass is 299 g/mol. The Morgan fingerprint density at radius 1 is 1.20 bits per heavy atom. The fraction of sp³-hybridized carbons (Fsp3) is 0.600. The highest BCUT2D eigenvalue weighted by molar-refractivity contribution is 7.89. The van der Waals surface area contributed by atoms with E-state index in [-0.39, 0.29) is 16.9 Å². The lowest BCUT2D eigenvalue weighted by molar-refractivity contribution is 0.167. The van der Waals surface area contributed by atoms with Crippen LogP contribution in [0.5, 0.6) is 0 Å². The quantitative estimate of drug-likeness (QED) is 0.848. The maximum atomic E-state index is 12.1. The number of nitrogens with one attached hydrogen (secondary N) is 1. The summed E-state index contributed by atoms with van der Waals surface area (Å²) in [7, 11) is -3.55. The summed E-state index contributed by atoms with van der Waals surface area (Å²) in [5.74, 6) is 0. The first-order valence-corrected chi connectivity index (χ1v) is 8.43. The van der Waals surface area contributed by atoms with Crippen LogP contribution in [0.15, 0.2) is 29.2 Å². The van der Waals surface area contributed by atoms with Crippen molar-refractivity contribution in [1.29, 1.82) is 0 Å². The van der Waals surface area contributed by atoms with E-state index < -0.39 is 16.1 Å². The van der Waals surface area contributed by atoms with Crippen LogP contribution in [0.25, 0.3) is 0 Å². The van der Waals surface area contributed by atoms with Crippen molar-refractivity contribution in [2.45, 2.75) is 57.0 Å². The molecule has 2 N–H and O–H groups in total. The van der Waals surface area contributed by atoms with Gasteiger partial charge in [0, 0.05) is 6.54 Å². The minimum Gasteiger partial charge on any atom is -0.392 e. The lowest BCUT2D eigenvalue weighted by Crippen LogP contribution is -2.32. The molecule has 0 saturated carbocycles. The predicted molar refractivity (Wildman–Crippen MR) is 81.2 cm³/mol. The molecule has 5 heteroatoms. The highest BCUT2D eigenvalue weighted by atomic mass is 32.2. The van der Waals surface area contributed by atoms with Crippen LogP contribution in [-0.2, 0) is 15.4 Å². The first kappa shape index (κ1) is 17.1. The van der Waals surface area contributed by atoms with Gasteiger partial charge < -0.3 is 5.11 Å². The van der Waals surface area contributed by atoms with E-state index in [1.54, 1.807) is 12.1 Å². The molecule has 0 bridgehead atoms. The average molecular weight is 299 g/mol. The molecule has 0 amide bonds. The van der Waals surface area contributed by atoms with Crippen molar-refractivity contribution in [2.24, 2.45) is 0 Å². The topological polar surface area (TPSA) is 66.4 Å². The van der Waals surface area contributed by atoms with Gasteiger partial charge in [-0.05, 0) is 29.5 Å². The van der Waals surface area contributed by atoms with Crippen LogP contribution in [0.3, 0.4) is 0 Å². The third-order valence-corrected chi connectivity index (χ3v) is 4.60. The standard InChI is InChI=1S/C15H25NO3S/c1-5-6-13(17)11-16-20(18,19)14-9-7-12(8-10-14)15(2,3)4/h7-10,13,16-17H,5-6,11H2,1-4H3. The molecule has 0 fully saturated rings. The first-order valence-electron chi connectivity index (χ1n) is 6.95. The van der Waals surface area contributed by atoms with Gasteiger partial charge in [-0.15, -0.1) is 0 Å². The molecular weight excluding hydrogens is 274 g/mol. The molecule has 0 aliphatic heterocycles. The largest absolute Gasteiger partial charge is 0.392 e. The summed E-state index contributed by atoms with van der Waals surface area (Å²) in [6.45, 7) is 8.24. The van der Waals surface area contributed by atoms with Crippen LogP contribution < -0.4 is 4.72 Å². The van der Waals surface area contributed by atoms with E-state index in [9.17, 15) is 13.5 Å². The molecule has 0 aromatic heterocycles. The van der Waals surface area contributed by atoms with Crippen LogP contribution in [-0.4, -0.2) is 26.2 Å². The lowest BCUT2D eigenvalue weighted by atomic mass is 9.87. The molecule has 4 nitrogen and oxygen atoms in total. The summed E-state index contributed by atoms with van der Waals surface area (Å²) >= 11 is 0. The molecule has 0 aliphatic rings. The molecule has 0 saturated heterocycles. The summed E-state index contributed by atoms with van der Waals surface area (Å²) in [5.41, 5.74) is 1.08. The smallest absolute Gasteiger partial charge is 0.240 e. The van der Waals surface area contributed by atoms with Crippen LogP contribution in [0.1, 0.15) is 46.1 Å². The van der Waals surface area contributed by atoms with Crippen molar-refractivity contribution < 1.29 is 13.5 Å². The van der Waals surface area contributed by atoms with Gasteiger partial charge in [-0.1, -0.05) is 46.2 Å². The highest BCUT2D eigenvalue weighted by Crippen LogP contribution is 2.23.